The fourth-order valence-electron chi connectivity index (χ4n) is 5.07. The number of fused-ring (bicyclic) bond motifs is 1. The van der Waals surface area contributed by atoms with Crippen LogP contribution < -0.4 is 9.47 Å². The van der Waals surface area contributed by atoms with E-state index >= 15 is 0 Å². The second-order valence-corrected chi connectivity index (χ2v) is 10.5. The van der Waals surface area contributed by atoms with Crippen molar-refractivity contribution in [2.75, 3.05) is 41.0 Å². The second kappa shape index (κ2) is 12.8. The van der Waals surface area contributed by atoms with Gasteiger partial charge in [0, 0.05) is 30.5 Å². The van der Waals surface area contributed by atoms with Gasteiger partial charge >= 0.3 is 5.97 Å². The number of nitrogens with zero attached hydrogens (tertiary/aromatic N) is 1. The summed E-state index contributed by atoms with van der Waals surface area (Å²) < 4.78 is 17.1. The van der Waals surface area contributed by atoms with E-state index in [1.54, 1.807) is 14.2 Å². The molecule has 0 unspecified atom stereocenters. The lowest BCUT2D eigenvalue weighted by atomic mass is 9.82. The highest BCUT2D eigenvalue weighted by molar-refractivity contribution is 6.30. The molecule has 1 aliphatic rings. The van der Waals surface area contributed by atoms with Gasteiger partial charge in [-0.15, -0.1) is 0 Å². The Kier molecular flexibility index (Phi) is 10.1. The van der Waals surface area contributed by atoms with Crippen molar-refractivity contribution in [1.82, 2.24) is 4.90 Å². The van der Waals surface area contributed by atoms with E-state index in [2.05, 4.69) is 11.0 Å². The second-order valence-electron chi connectivity index (χ2n) is 10.1. The van der Waals surface area contributed by atoms with Gasteiger partial charge in [-0.25, -0.2) is 4.79 Å². The molecule has 0 bridgehead atoms. The van der Waals surface area contributed by atoms with Crippen LogP contribution in [0.1, 0.15) is 55.7 Å². The van der Waals surface area contributed by atoms with Crippen LogP contribution in [0.25, 0.3) is 0 Å². The monoisotopic (exact) mass is 517 g/mol. The van der Waals surface area contributed by atoms with Gasteiger partial charge in [0.25, 0.3) is 0 Å². The number of benzene rings is 2. The van der Waals surface area contributed by atoms with Gasteiger partial charge in [-0.05, 0) is 79.6 Å². The first-order chi connectivity index (χ1) is 17.2. The Morgan fingerprint density at radius 1 is 1.14 bits per heavy atom. The maximum absolute atomic E-state index is 12.6. The predicted octanol–water partition coefficient (Wildman–Crippen LogP) is 5.84. The zero-order chi connectivity index (χ0) is 26.3. The third kappa shape index (κ3) is 6.72. The van der Waals surface area contributed by atoms with Crippen LogP contribution in [0.5, 0.6) is 11.5 Å². The van der Waals surface area contributed by atoms with Crippen molar-refractivity contribution >= 4 is 17.6 Å². The molecule has 198 valence electrons. The Balaban J connectivity index is 1.63. The van der Waals surface area contributed by atoms with Crippen LogP contribution >= 0.6 is 11.6 Å². The van der Waals surface area contributed by atoms with E-state index in [4.69, 9.17) is 25.8 Å². The fourth-order valence-corrected chi connectivity index (χ4v) is 5.27. The molecule has 6 nitrogen and oxygen atoms in total. The van der Waals surface area contributed by atoms with Gasteiger partial charge in [-0.2, -0.15) is 0 Å². The molecule has 0 radical (unpaired) electrons. The topological polar surface area (TPSA) is 68.2 Å². The summed E-state index contributed by atoms with van der Waals surface area (Å²) in [7, 11) is 5.28. The highest BCUT2D eigenvalue weighted by atomic mass is 35.5. The molecular formula is C29H40ClNO5. The molecule has 3 rings (SSSR count). The quantitative estimate of drug-likeness (QED) is 0.360. The van der Waals surface area contributed by atoms with Gasteiger partial charge in [-0.3, -0.25) is 0 Å². The van der Waals surface area contributed by atoms with E-state index in [9.17, 15) is 9.90 Å². The molecule has 0 saturated heterocycles. The molecule has 0 fully saturated rings. The van der Waals surface area contributed by atoms with Crippen LogP contribution in [0, 0.1) is 5.92 Å². The maximum Gasteiger partial charge on any atom is 0.336 e. The van der Waals surface area contributed by atoms with E-state index in [-0.39, 0.29) is 11.8 Å². The smallest absolute Gasteiger partial charge is 0.336 e. The molecule has 2 aromatic rings. The van der Waals surface area contributed by atoms with E-state index in [0.717, 1.165) is 42.8 Å². The maximum atomic E-state index is 12.6. The van der Waals surface area contributed by atoms with Crippen LogP contribution in [0.15, 0.2) is 36.4 Å². The average molecular weight is 518 g/mol. The van der Waals surface area contributed by atoms with E-state index < -0.39 is 11.6 Å². The minimum atomic E-state index is -1.23. The van der Waals surface area contributed by atoms with Crippen LogP contribution in [-0.4, -0.2) is 62.5 Å². The lowest BCUT2D eigenvalue weighted by Crippen LogP contribution is -2.49. The van der Waals surface area contributed by atoms with E-state index in [1.807, 2.05) is 51.2 Å². The lowest BCUT2D eigenvalue weighted by molar-refractivity contribution is -0.176. The normalized spacial score (nSPS) is 17.1. The number of aryl methyl sites for hydroxylation is 1. The third-order valence-electron chi connectivity index (χ3n) is 7.48. The Labute approximate surface area is 220 Å². The number of hydrogen-bond donors (Lipinski definition) is 1. The van der Waals surface area contributed by atoms with Gasteiger partial charge < -0.3 is 24.2 Å². The first-order valence-electron chi connectivity index (χ1n) is 12.7. The molecule has 2 atom stereocenters. The van der Waals surface area contributed by atoms with Crippen molar-refractivity contribution in [1.29, 1.82) is 0 Å². The summed E-state index contributed by atoms with van der Waals surface area (Å²) in [6, 6.07) is 11.9. The summed E-state index contributed by atoms with van der Waals surface area (Å²) in [4.78, 5) is 14.7. The van der Waals surface area contributed by atoms with Crippen molar-refractivity contribution in [2.24, 2.45) is 5.92 Å². The summed E-state index contributed by atoms with van der Waals surface area (Å²) in [5.74, 6) is 0.549. The molecule has 0 saturated carbocycles. The number of carboxylic acids is 1. The van der Waals surface area contributed by atoms with Crippen LogP contribution in [0.3, 0.4) is 0 Å². The predicted molar refractivity (Wildman–Crippen MR) is 144 cm³/mol. The van der Waals surface area contributed by atoms with Crippen LogP contribution in [0.4, 0.5) is 0 Å². The Bertz CT molecular complexity index is 1030. The van der Waals surface area contributed by atoms with Gasteiger partial charge in [-0.1, -0.05) is 37.6 Å². The van der Waals surface area contributed by atoms with E-state index in [0.29, 0.717) is 31.1 Å². The molecule has 0 spiro atoms. The van der Waals surface area contributed by atoms with Crippen molar-refractivity contribution in [3.8, 4) is 11.5 Å². The largest absolute Gasteiger partial charge is 0.493 e. The zero-order valence-corrected chi connectivity index (χ0v) is 22.9. The molecule has 2 aromatic carbocycles. The summed E-state index contributed by atoms with van der Waals surface area (Å²) in [6.45, 7) is 5.68. The molecule has 36 heavy (non-hydrogen) atoms. The van der Waals surface area contributed by atoms with E-state index in [1.165, 1.54) is 11.1 Å². The van der Waals surface area contributed by atoms with Crippen molar-refractivity contribution in [3.05, 3.63) is 58.1 Å². The Hall–Kier alpha value is -2.28. The molecule has 0 aromatic heterocycles. The number of halogens is 1. The summed E-state index contributed by atoms with van der Waals surface area (Å²) in [6.07, 6.45) is 4.30. The number of carbonyl (C=O) groups is 1. The van der Waals surface area contributed by atoms with Crippen molar-refractivity contribution in [3.63, 3.8) is 0 Å². The summed E-state index contributed by atoms with van der Waals surface area (Å²) in [5, 5.41) is 11.0. The Morgan fingerprint density at radius 3 is 2.56 bits per heavy atom. The highest BCUT2D eigenvalue weighted by Crippen LogP contribution is 2.36. The molecule has 1 aliphatic carbocycles. The fraction of sp³-hybridized carbons (Fsp3) is 0.552. The first-order valence-corrected chi connectivity index (χ1v) is 13.1. The van der Waals surface area contributed by atoms with Gasteiger partial charge in [0.1, 0.15) is 0 Å². The minimum Gasteiger partial charge on any atom is -0.493 e. The molecular weight excluding hydrogens is 478 g/mol. The minimum absolute atomic E-state index is 0.164. The summed E-state index contributed by atoms with van der Waals surface area (Å²) in [5.41, 5.74) is 2.39. The van der Waals surface area contributed by atoms with Gasteiger partial charge in [0.05, 0.1) is 20.8 Å². The molecule has 0 aliphatic heterocycles. The van der Waals surface area contributed by atoms with Crippen LogP contribution in [-0.2, 0) is 22.4 Å². The summed E-state index contributed by atoms with van der Waals surface area (Å²) >= 11 is 6.20. The number of hydrogen-bond acceptors (Lipinski definition) is 5. The van der Waals surface area contributed by atoms with Gasteiger partial charge in [0.15, 0.2) is 17.1 Å². The number of rotatable bonds is 13. The number of methoxy groups -OCH3 is 2. The third-order valence-corrected chi connectivity index (χ3v) is 7.71. The molecule has 0 heterocycles. The van der Waals surface area contributed by atoms with Crippen molar-refractivity contribution < 1.29 is 24.1 Å². The standard InChI is InChI=1S/C29H40ClNO5/c1-20(2)29(28(32)33,36-19-23-8-6-7-22-18-24(30)10-11-25(22)23)14-16-31(3)15-13-21-9-12-26(34-4)27(17-21)35-5/h9-12,17-18,20,23H,6-8,13-16,19H2,1-5H3,(H,32,33)/t23-,29-/m0/s1. The van der Waals surface area contributed by atoms with Gasteiger partial charge in [0.2, 0.25) is 0 Å². The Morgan fingerprint density at radius 2 is 1.89 bits per heavy atom. The number of aliphatic carboxylic acids is 1. The first kappa shape index (κ1) is 28.3. The molecule has 0 amide bonds. The van der Waals surface area contributed by atoms with Crippen molar-refractivity contribution in [2.45, 2.75) is 57.5 Å². The lowest BCUT2D eigenvalue weighted by Gasteiger charge is -2.37. The highest BCUT2D eigenvalue weighted by Gasteiger charge is 2.43. The number of likely N-dealkylation sites (N-methyl/N-ethyl adjacent to an activating group) is 1. The molecule has 7 heteroatoms. The SMILES string of the molecule is COc1ccc(CCN(C)CC[C@@](OC[C@@H]2CCCc3cc(Cl)ccc32)(C(=O)O)C(C)C)cc1OC. The molecule has 1 N–H and O–H groups in total. The zero-order valence-electron chi connectivity index (χ0n) is 22.2. The average Bonchev–Trinajstić information content (AvgIpc) is 2.86. The number of carboxylic acid groups (broad SMARTS) is 1. The number of ether oxygens (including phenoxy) is 3. The van der Waals surface area contributed by atoms with Crippen LogP contribution in [0.2, 0.25) is 5.02 Å².